The summed E-state index contributed by atoms with van der Waals surface area (Å²) in [6.45, 7) is 0. The molecule has 0 radical (unpaired) electrons. The Hall–Kier alpha value is -2.85. The van der Waals surface area contributed by atoms with Crippen LogP contribution in [0.1, 0.15) is 15.9 Å². The van der Waals surface area contributed by atoms with Gasteiger partial charge in [-0.25, -0.2) is 8.42 Å². The van der Waals surface area contributed by atoms with Gasteiger partial charge in [0.2, 0.25) is 0 Å². The number of hydrogen-bond donors (Lipinski definition) is 1. The molecule has 23 heavy (non-hydrogen) atoms. The molecule has 0 aliphatic carbocycles. The predicted molar refractivity (Wildman–Crippen MR) is 86.4 cm³/mol. The Morgan fingerprint density at radius 2 is 1.78 bits per heavy atom. The molecule has 0 saturated carbocycles. The molecule has 2 aromatic carbocycles. The molecule has 2 rings (SSSR count). The fraction of sp³-hybridized carbons (Fsp3) is 0.125. The molecule has 0 aliphatic heterocycles. The number of benzene rings is 2. The summed E-state index contributed by atoms with van der Waals surface area (Å²) < 4.78 is 27.0. The monoisotopic (exact) mass is 329 g/mol. The third kappa shape index (κ3) is 3.87. The highest BCUT2D eigenvalue weighted by Crippen LogP contribution is 2.18. The molecule has 0 fully saturated rings. The van der Waals surface area contributed by atoms with Crippen LogP contribution in [0.25, 0.3) is 0 Å². The lowest BCUT2D eigenvalue weighted by Crippen LogP contribution is -2.21. The van der Waals surface area contributed by atoms with Gasteiger partial charge in [-0.2, -0.15) is 5.26 Å². The smallest absolute Gasteiger partial charge is 0.261 e. The second-order valence-electron chi connectivity index (χ2n) is 5.02. The molecule has 0 heterocycles. The fourth-order valence-electron chi connectivity index (χ4n) is 1.89. The summed E-state index contributed by atoms with van der Waals surface area (Å²) in [5, 5.41) is 8.84. The van der Waals surface area contributed by atoms with Crippen molar-refractivity contribution in [3.8, 4) is 6.07 Å². The lowest BCUT2D eigenvalue weighted by atomic mass is 10.2. The first-order valence-corrected chi connectivity index (χ1v) is 8.16. The molecule has 0 saturated heterocycles. The van der Waals surface area contributed by atoms with Gasteiger partial charge in [-0.15, -0.1) is 0 Å². The normalized spacial score (nSPS) is 10.7. The summed E-state index contributed by atoms with van der Waals surface area (Å²) in [6.07, 6.45) is 0. The van der Waals surface area contributed by atoms with E-state index >= 15 is 0 Å². The van der Waals surface area contributed by atoms with Crippen molar-refractivity contribution in [1.82, 2.24) is 4.90 Å². The molecule has 7 heteroatoms. The highest BCUT2D eigenvalue weighted by atomic mass is 32.2. The zero-order valence-electron chi connectivity index (χ0n) is 12.6. The van der Waals surface area contributed by atoms with Crippen LogP contribution in [0.15, 0.2) is 53.4 Å². The van der Waals surface area contributed by atoms with E-state index in [9.17, 15) is 13.2 Å². The number of hydrogen-bond acceptors (Lipinski definition) is 4. The molecule has 0 atom stereocenters. The van der Waals surface area contributed by atoms with Crippen LogP contribution in [0.3, 0.4) is 0 Å². The SMILES string of the molecule is CN(C)C(=O)c1ccc(NS(=O)(=O)c2cccc(C#N)c2)cc1. The lowest BCUT2D eigenvalue weighted by Gasteiger charge is -2.11. The van der Waals surface area contributed by atoms with Crippen molar-refractivity contribution in [2.75, 3.05) is 18.8 Å². The number of sulfonamides is 1. The van der Waals surface area contributed by atoms with Gasteiger partial charge in [0.25, 0.3) is 15.9 Å². The van der Waals surface area contributed by atoms with Crippen LogP contribution in [0.2, 0.25) is 0 Å². The molecule has 0 unspecified atom stereocenters. The van der Waals surface area contributed by atoms with Gasteiger partial charge in [0, 0.05) is 25.3 Å². The van der Waals surface area contributed by atoms with E-state index in [1.54, 1.807) is 26.2 Å². The van der Waals surface area contributed by atoms with Crippen LogP contribution in [0, 0.1) is 11.3 Å². The van der Waals surface area contributed by atoms with E-state index in [4.69, 9.17) is 5.26 Å². The molecule has 6 nitrogen and oxygen atoms in total. The first kappa shape index (κ1) is 16.5. The summed E-state index contributed by atoms with van der Waals surface area (Å²) in [4.78, 5) is 13.2. The number of amides is 1. The largest absolute Gasteiger partial charge is 0.345 e. The maximum Gasteiger partial charge on any atom is 0.261 e. The van der Waals surface area contributed by atoms with Crippen LogP contribution in [-0.4, -0.2) is 33.3 Å². The molecular formula is C16H15N3O3S. The third-order valence-electron chi connectivity index (χ3n) is 3.06. The van der Waals surface area contributed by atoms with E-state index in [0.29, 0.717) is 11.3 Å². The van der Waals surface area contributed by atoms with Gasteiger partial charge in [-0.1, -0.05) is 6.07 Å². The second kappa shape index (κ2) is 6.50. The summed E-state index contributed by atoms with van der Waals surface area (Å²) in [5.74, 6) is -0.166. The van der Waals surface area contributed by atoms with Gasteiger partial charge in [-0.3, -0.25) is 9.52 Å². The van der Waals surface area contributed by atoms with E-state index in [-0.39, 0.29) is 16.4 Å². The Kier molecular flexibility index (Phi) is 4.67. The van der Waals surface area contributed by atoms with E-state index in [1.807, 2.05) is 6.07 Å². The average Bonchev–Trinajstić information content (AvgIpc) is 2.54. The number of carbonyl (C=O) groups excluding carboxylic acids is 1. The standard InChI is InChI=1S/C16H15N3O3S/c1-19(2)16(20)13-6-8-14(9-7-13)18-23(21,22)15-5-3-4-12(10-15)11-17/h3-10,18H,1-2H3. The summed E-state index contributed by atoms with van der Waals surface area (Å²) in [7, 11) is -0.512. The van der Waals surface area contributed by atoms with Crippen LogP contribution < -0.4 is 4.72 Å². The molecule has 1 amide bonds. The zero-order chi connectivity index (χ0) is 17.0. The Labute approximate surface area is 135 Å². The van der Waals surface area contributed by atoms with E-state index in [0.717, 1.165) is 0 Å². The van der Waals surface area contributed by atoms with Crippen molar-refractivity contribution in [3.05, 3.63) is 59.7 Å². The van der Waals surface area contributed by atoms with Gasteiger partial charge in [-0.05, 0) is 42.5 Å². The third-order valence-corrected chi connectivity index (χ3v) is 4.44. The fourth-order valence-corrected chi connectivity index (χ4v) is 2.99. The summed E-state index contributed by atoms with van der Waals surface area (Å²) in [6, 6.07) is 13.8. The Morgan fingerprint density at radius 1 is 1.13 bits per heavy atom. The molecule has 1 N–H and O–H groups in total. The average molecular weight is 329 g/mol. The quantitative estimate of drug-likeness (QED) is 0.929. The van der Waals surface area contributed by atoms with Crippen LogP contribution in [0.5, 0.6) is 0 Å². The van der Waals surface area contributed by atoms with Crippen molar-refractivity contribution in [1.29, 1.82) is 5.26 Å². The molecule has 0 aromatic heterocycles. The van der Waals surface area contributed by atoms with Gasteiger partial charge in [0.1, 0.15) is 0 Å². The van der Waals surface area contributed by atoms with Gasteiger partial charge in [0.05, 0.1) is 16.5 Å². The second-order valence-corrected chi connectivity index (χ2v) is 6.70. The number of nitrogens with one attached hydrogen (secondary N) is 1. The lowest BCUT2D eigenvalue weighted by molar-refractivity contribution is 0.0827. The molecule has 0 aliphatic rings. The molecule has 2 aromatic rings. The summed E-state index contributed by atoms with van der Waals surface area (Å²) >= 11 is 0. The van der Waals surface area contributed by atoms with E-state index in [2.05, 4.69) is 4.72 Å². The summed E-state index contributed by atoms with van der Waals surface area (Å²) in [5.41, 5.74) is 1.06. The van der Waals surface area contributed by atoms with Crippen LogP contribution in [-0.2, 0) is 10.0 Å². The van der Waals surface area contributed by atoms with Gasteiger partial charge >= 0.3 is 0 Å². The van der Waals surface area contributed by atoms with Crippen molar-refractivity contribution in [2.45, 2.75) is 4.90 Å². The van der Waals surface area contributed by atoms with Crippen molar-refractivity contribution in [3.63, 3.8) is 0 Å². The Bertz CT molecular complexity index is 866. The number of nitriles is 1. The molecule has 118 valence electrons. The molecular weight excluding hydrogens is 314 g/mol. The highest BCUT2D eigenvalue weighted by Gasteiger charge is 2.15. The van der Waals surface area contributed by atoms with Gasteiger partial charge in [0.15, 0.2) is 0 Å². The first-order valence-electron chi connectivity index (χ1n) is 6.68. The topological polar surface area (TPSA) is 90.3 Å². The minimum absolute atomic E-state index is 0.00462. The number of carbonyl (C=O) groups is 1. The predicted octanol–water partition coefficient (Wildman–Crippen LogP) is 2.06. The van der Waals surface area contributed by atoms with Crippen LogP contribution >= 0.6 is 0 Å². The van der Waals surface area contributed by atoms with Crippen LogP contribution in [0.4, 0.5) is 5.69 Å². The number of rotatable bonds is 4. The van der Waals surface area contributed by atoms with E-state index < -0.39 is 10.0 Å². The Balaban J connectivity index is 2.24. The first-order chi connectivity index (χ1) is 10.8. The maximum atomic E-state index is 12.3. The zero-order valence-corrected chi connectivity index (χ0v) is 13.5. The van der Waals surface area contributed by atoms with E-state index in [1.165, 1.54) is 41.3 Å². The van der Waals surface area contributed by atoms with Crippen molar-refractivity contribution >= 4 is 21.6 Å². The number of anilines is 1. The van der Waals surface area contributed by atoms with Crippen molar-refractivity contribution < 1.29 is 13.2 Å². The maximum absolute atomic E-state index is 12.3. The highest BCUT2D eigenvalue weighted by molar-refractivity contribution is 7.92. The van der Waals surface area contributed by atoms with Gasteiger partial charge < -0.3 is 4.90 Å². The molecule has 0 spiro atoms. The minimum atomic E-state index is -3.79. The van der Waals surface area contributed by atoms with Crippen molar-refractivity contribution in [2.24, 2.45) is 0 Å². The Morgan fingerprint density at radius 3 is 2.35 bits per heavy atom. The minimum Gasteiger partial charge on any atom is -0.345 e. The number of nitrogens with zero attached hydrogens (tertiary/aromatic N) is 2. The molecule has 0 bridgehead atoms.